The molecule has 2 aromatic rings. The van der Waals surface area contributed by atoms with Crippen molar-refractivity contribution in [2.75, 3.05) is 33.7 Å². The van der Waals surface area contributed by atoms with E-state index in [0.717, 1.165) is 43.3 Å². The Kier molecular flexibility index (Phi) is 9.17. The lowest BCUT2D eigenvalue weighted by atomic mass is 9.96. The van der Waals surface area contributed by atoms with E-state index < -0.39 is 11.6 Å². The number of nitrogens with one attached hydrogen (secondary N) is 1. The number of benzene rings is 1. The number of imidazole rings is 1. The number of rotatable bonds is 9. The fourth-order valence-corrected chi connectivity index (χ4v) is 5.00. The molecule has 204 valence electrons. The van der Waals surface area contributed by atoms with Gasteiger partial charge in [0.25, 0.3) is 0 Å². The monoisotopic (exact) mass is 515 g/mol. The van der Waals surface area contributed by atoms with E-state index >= 15 is 0 Å². The van der Waals surface area contributed by atoms with Gasteiger partial charge in [-0.25, -0.2) is 9.59 Å². The molecule has 1 N–H and O–H groups in total. The summed E-state index contributed by atoms with van der Waals surface area (Å²) in [6.07, 6.45) is 2.81. The molecular formula is C27H41N5O5. The number of aromatic nitrogens is 2. The molecule has 3 rings (SSSR count). The minimum atomic E-state index is -0.707. The summed E-state index contributed by atoms with van der Waals surface area (Å²) in [5.74, 6) is 0.241. The van der Waals surface area contributed by atoms with E-state index in [2.05, 4.69) is 10.2 Å². The standard InChI is InChI=1S/C27H41N5O5/c1-27(2,3)37-26(36)29(5)16-19-12-14-31(15-13-19)17-20-8-7-9-22-24(20)30(6)25(35)32(22)21(18-33)10-11-23(34)28-4/h7-9,18-19,21H,10-17H2,1-6H3,(H,28,34). The summed E-state index contributed by atoms with van der Waals surface area (Å²) in [5.41, 5.74) is 1.76. The second-order valence-electron chi connectivity index (χ2n) is 11.0. The summed E-state index contributed by atoms with van der Waals surface area (Å²) in [5, 5.41) is 2.56. The molecule has 10 heteroatoms. The van der Waals surface area contributed by atoms with E-state index in [9.17, 15) is 19.2 Å². The SMILES string of the molecule is CNC(=O)CCC(C=O)n1c(=O)n(C)c2c(CN3CCC(CN(C)C(=O)OC(C)(C)C)CC3)cccc21. The van der Waals surface area contributed by atoms with E-state index in [4.69, 9.17) is 4.74 Å². The maximum absolute atomic E-state index is 13.1. The van der Waals surface area contributed by atoms with Crippen LogP contribution >= 0.6 is 0 Å². The van der Waals surface area contributed by atoms with Crippen LogP contribution in [0, 0.1) is 5.92 Å². The summed E-state index contributed by atoms with van der Waals surface area (Å²) in [6.45, 7) is 8.73. The highest BCUT2D eigenvalue weighted by atomic mass is 16.6. The number of hydrogen-bond acceptors (Lipinski definition) is 6. The van der Waals surface area contributed by atoms with Crippen LogP contribution in [0.15, 0.2) is 23.0 Å². The van der Waals surface area contributed by atoms with Crippen molar-refractivity contribution in [2.45, 2.75) is 64.6 Å². The molecule has 1 aromatic heterocycles. The number of amides is 2. The fourth-order valence-electron chi connectivity index (χ4n) is 5.00. The molecule has 1 atom stereocenters. The van der Waals surface area contributed by atoms with Gasteiger partial charge in [-0.3, -0.25) is 18.8 Å². The van der Waals surface area contributed by atoms with Crippen LogP contribution in [0.1, 0.15) is 58.1 Å². The first-order valence-corrected chi connectivity index (χ1v) is 13.0. The van der Waals surface area contributed by atoms with Crippen molar-refractivity contribution < 1.29 is 19.1 Å². The number of nitrogens with zero attached hydrogens (tertiary/aromatic N) is 4. The van der Waals surface area contributed by atoms with Crippen molar-refractivity contribution in [3.05, 3.63) is 34.2 Å². The van der Waals surface area contributed by atoms with Crippen LogP contribution in [0.3, 0.4) is 0 Å². The Labute approximate surface area is 218 Å². The number of ether oxygens (including phenoxy) is 1. The van der Waals surface area contributed by atoms with E-state index in [0.29, 0.717) is 24.5 Å². The molecule has 0 spiro atoms. The molecule has 1 aliphatic heterocycles. The van der Waals surface area contributed by atoms with Crippen LogP contribution in [-0.2, 0) is 27.9 Å². The zero-order chi connectivity index (χ0) is 27.3. The Hall–Kier alpha value is -3.14. The average molecular weight is 516 g/mol. The minimum Gasteiger partial charge on any atom is -0.444 e. The molecule has 1 aliphatic rings. The van der Waals surface area contributed by atoms with Gasteiger partial charge in [-0.2, -0.15) is 0 Å². The Bertz CT molecular complexity index is 1170. The number of fused-ring (bicyclic) bond motifs is 1. The first-order chi connectivity index (χ1) is 17.4. The van der Waals surface area contributed by atoms with Gasteiger partial charge >= 0.3 is 11.8 Å². The molecule has 1 saturated heterocycles. The molecule has 2 heterocycles. The predicted molar refractivity (Wildman–Crippen MR) is 142 cm³/mol. The molecule has 0 aliphatic carbocycles. The normalized spacial score (nSPS) is 15.9. The lowest BCUT2D eigenvalue weighted by Crippen LogP contribution is -2.41. The second kappa shape index (κ2) is 11.9. The van der Waals surface area contributed by atoms with Crippen LogP contribution in [0.5, 0.6) is 0 Å². The van der Waals surface area contributed by atoms with Crippen LogP contribution in [0.4, 0.5) is 4.79 Å². The van der Waals surface area contributed by atoms with Gasteiger partial charge in [-0.1, -0.05) is 12.1 Å². The zero-order valence-electron chi connectivity index (χ0n) is 23.0. The number of likely N-dealkylation sites (tertiary alicyclic amines) is 1. The molecule has 37 heavy (non-hydrogen) atoms. The smallest absolute Gasteiger partial charge is 0.410 e. The first-order valence-electron chi connectivity index (χ1n) is 13.0. The third-order valence-corrected chi connectivity index (χ3v) is 6.96. The number of carbonyl (C=O) groups is 3. The maximum atomic E-state index is 13.1. The maximum Gasteiger partial charge on any atom is 0.410 e. The number of para-hydroxylation sites is 1. The highest BCUT2D eigenvalue weighted by molar-refractivity contribution is 5.81. The fraction of sp³-hybridized carbons (Fsp3) is 0.630. The lowest BCUT2D eigenvalue weighted by molar-refractivity contribution is -0.121. The quantitative estimate of drug-likeness (QED) is 0.515. The molecule has 2 amide bonds. The van der Waals surface area contributed by atoms with Gasteiger partial charge < -0.3 is 19.7 Å². The van der Waals surface area contributed by atoms with Crippen molar-refractivity contribution in [1.82, 2.24) is 24.3 Å². The van der Waals surface area contributed by atoms with Crippen molar-refractivity contribution in [1.29, 1.82) is 0 Å². The Morgan fingerprint density at radius 1 is 1.24 bits per heavy atom. The summed E-state index contributed by atoms with van der Waals surface area (Å²) in [7, 11) is 5.06. The minimum absolute atomic E-state index is 0.165. The largest absolute Gasteiger partial charge is 0.444 e. The molecule has 10 nitrogen and oxygen atoms in total. The summed E-state index contributed by atoms with van der Waals surface area (Å²) < 4.78 is 8.58. The number of carbonyl (C=O) groups excluding carboxylic acids is 3. The lowest BCUT2D eigenvalue weighted by Gasteiger charge is -2.34. The van der Waals surface area contributed by atoms with Crippen molar-refractivity contribution in [3.63, 3.8) is 0 Å². The third kappa shape index (κ3) is 7.00. The topological polar surface area (TPSA) is 106 Å². The van der Waals surface area contributed by atoms with Gasteiger partial charge in [0.15, 0.2) is 0 Å². The van der Waals surface area contributed by atoms with Gasteiger partial charge in [0.2, 0.25) is 5.91 Å². The van der Waals surface area contributed by atoms with Crippen LogP contribution in [-0.4, -0.2) is 76.6 Å². The first kappa shape index (κ1) is 28.4. The van der Waals surface area contributed by atoms with E-state index in [-0.39, 0.29) is 30.5 Å². The molecular weight excluding hydrogens is 474 g/mol. The second-order valence-corrected chi connectivity index (χ2v) is 11.0. The van der Waals surface area contributed by atoms with E-state index in [1.54, 1.807) is 30.6 Å². The average Bonchev–Trinajstić information content (AvgIpc) is 3.10. The van der Waals surface area contributed by atoms with Gasteiger partial charge in [0.05, 0.1) is 17.1 Å². The Morgan fingerprint density at radius 3 is 2.51 bits per heavy atom. The molecule has 1 unspecified atom stereocenters. The summed E-state index contributed by atoms with van der Waals surface area (Å²) in [6, 6.07) is 5.09. The third-order valence-electron chi connectivity index (χ3n) is 6.96. The van der Waals surface area contributed by atoms with Crippen LogP contribution in [0.2, 0.25) is 0 Å². The zero-order valence-corrected chi connectivity index (χ0v) is 23.0. The molecule has 1 aromatic carbocycles. The number of aldehydes is 1. The Balaban J connectivity index is 1.69. The highest BCUT2D eigenvalue weighted by Gasteiger charge is 2.26. The number of piperidine rings is 1. The number of aryl methyl sites for hydroxylation is 1. The van der Waals surface area contributed by atoms with Crippen molar-refractivity contribution >= 4 is 29.3 Å². The molecule has 0 radical (unpaired) electrons. The van der Waals surface area contributed by atoms with E-state index in [1.165, 1.54) is 4.57 Å². The van der Waals surface area contributed by atoms with Crippen molar-refractivity contribution in [2.24, 2.45) is 13.0 Å². The van der Waals surface area contributed by atoms with Gasteiger partial charge in [-0.15, -0.1) is 0 Å². The van der Waals surface area contributed by atoms with Crippen LogP contribution in [0.25, 0.3) is 11.0 Å². The molecule has 0 bridgehead atoms. The Morgan fingerprint density at radius 2 is 1.92 bits per heavy atom. The van der Waals surface area contributed by atoms with Crippen LogP contribution < -0.4 is 11.0 Å². The molecule has 1 fully saturated rings. The number of hydrogen-bond donors (Lipinski definition) is 1. The summed E-state index contributed by atoms with van der Waals surface area (Å²) >= 11 is 0. The van der Waals surface area contributed by atoms with Gasteiger partial charge in [0, 0.05) is 40.7 Å². The van der Waals surface area contributed by atoms with Gasteiger partial charge in [0.1, 0.15) is 11.9 Å². The highest BCUT2D eigenvalue weighted by Crippen LogP contribution is 2.26. The van der Waals surface area contributed by atoms with Crippen molar-refractivity contribution in [3.8, 4) is 0 Å². The molecule has 0 saturated carbocycles. The van der Waals surface area contributed by atoms with E-state index in [1.807, 2.05) is 39.0 Å². The predicted octanol–water partition coefficient (Wildman–Crippen LogP) is 2.69. The van der Waals surface area contributed by atoms with Gasteiger partial charge in [-0.05, 0) is 70.7 Å². The summed E-state index contributed by atoms with van der Waals surface area (Å²) in [4.78, 5) is 53.1.